The minimum Gasteiger partial charge on any atom is -0.399 e. The average Bonchev–Trinajstić information content (AvgIpc) is 2.44. The van der Waals surface area contributed by atoms with Crippen LogP contribution in [0.1, 0.15) is 17.3 Å². The predicted octanol–water partition coefficient (Wildman–Crippen LogP) is 3.73. The highest BCUT2D eigenvalue weighted by Crippen LogP contribution is 2.21. The summed E-state index contributed by atoms with van der Waals surface area (Å²) in [5.74, 6) is -0.780. The molecule has 0 spiro atoms. The van der Waals surface area contributed by atoms with E-state index < -0.39 is 5.82 Å². The molecule has 2 rings (SSSR count). The zero-order chi connectivity index (χ0) is 14.7. The van der Waals surface area contributed by atoms with Gasteiger partial charge in [-0.15, -0.1) is 0 Å². The third-order valence-electron chi connectivity index (χ3n) is 2.93. The zero-order valence-corrected chi connectivity index (χ0v) is 11.7. The summed E-state index contributed by atoms with van der Waals surface area (Å²) in [7, 11) is 0. The van der Waals surface area contributed by atoms with E-state index in [0.29, 0.717) is 17.8 Å². The summed E-state index contributed by atoms with van der Waals surface area (Å²) < 4.78 is 13.1. The summed E-state index contributed by atoms with van der Waals surface area (Å²) in [6.45, 7) is 2.34. The number of hydrogen-bond donors (Lipinski definition) is 1. The third-order valence-corrected chi connectivity index (χ3v) is 3.22. The molecule has 0 aliphatic carbocycles. The van der Waals surface area contributed by atoms with Gasteiger partial charge in [0, 0.05) is 23.5 Å². The summed E-state index contributed by atoms with van der Waals surface area (Å²) in [6, 6.07) is 10.9. The molecule has 104 valence electrons. The molecule has 2 N–H and O–H groups in total. The Kier molecular flexibility index (Phi) is 4.25. The molecule has 0 radical (unpaired) electrons. The monoisotopic (exact) mass is 292 g/mol. The number of carbonyl (C=O) groups is 1. The molecule has 0 saturated heterocycles. The second-order valence-electron chi connectivity index (χ2n) is 4.27. The van der Waals surface area contributed by atoms with Gasteiger partial charge in [0.1, 0.15) is 5.82 Å². The Morgan fingerprint density at radius 3 is 2.45 bits per heavy atom. The summed E-state index contributed by atoms with van der Waals surface area (Å²) in [5.41, 5.74) is 7.33. The quantitative estimate of drug-likeness (QED) is 0.876. The van der Waals surface area contributed by atoms with Crippen molar-refractivity contribution in [3.63, 3.8) is 0 Å². The average molecular weight is 293 g/mol. The number of rotatable bonds is 3. The van der Waals surface area contributed by atoms with Crippen LogP contribution >= 0.6 is 11.6 Å². The predicted molar refractivity (Wildman–Crippen MR) is 79.6 cm³/mol. The number of carbonyl (C=O) groups excluding carboxylic acids is 1. The first-order chi connectivity index (χ1) is 9.52. The largest absolute Gasteiger partial charge is 0.399 e. The van der Waals surface area contributed by atoms with Crippen molar-refractivity contribution in [2.24, 2.45) is 0 Å². The molecule has 20 heavy (non-hydrogen) atoms. The van der Waals surface area contributed by atoms with Crippen LogP contribution in [0.5, 0.6) is 0 Å². The molecule has 2 aromatic rings. The van der Waals surface area contributed by atoms with Gasteiger partial charge in [-0.1, -0.05) is 11.6 Å². The van der Waals surface area contributed by atoms with E-state index in [2.05, 4.69) is 0 Å². The summed E-state index contributed by atoms with van der Waals surface area (Å²) in [4.78, 5) is 14.0. The maximum absolute atomic E-state index is 13.1. The molecular formula is C15H14ClFN2O. The Morgan fingerprint density at radius 1 is 1.25 bits per heavy atom. The van der Waals surface area contributed by atoms with Crippen LogP contribution in [0.25, 0.3) is 0 Å². The number of anilines is 2. The lowest BCUT2D eigenvalue weighted by Crippen LogP contribution is -2.30. The first-order valence-corrected chi connectivity index (χ1v) is 6.53. The Bertz CT molecular complexity index is 628. The molecule has 0 aromatic heterocycles. The molecule has 0 saturated carbocycles. The second kappa shape index (κ2) is 5.92. The summed E-state index contributed by atoms with van der Waals surface area (Å²) >= 11 is 5.71. The van der Waals surface area contributed by atoms with Crippen LogP contribution in [0.3, 0.4) is 0 Å². The molecular weight excluding hydrogens is 279 g/mol. The van der Waals surface area contributed by atoms with Gasteiger partial charge in [-0.3, -0.25) is 4.79 Å². The van der Waals surface area contributed by atoms with E-state index in [4.69, 9.17) is 17.3 Å². The lowest BCUT2D eigenvalue weighted by molar-refractivity contribution is 0.0988. The van der Waals surface area contributed by atoms with Crippen molar-refractivity contribution in [3.05, 3.63) is 58.9 Å². The highest BCUT2D eigenvalue weighted by Gasteiger charge is 2.17. The molecule has 0 unspecified atom stereocenters. The van der Waals surface area contributed by atoms with Crippen molar-refractivity contribution in [2.75, 3.05) is 17.2 Å². The number of halogens is 2. The minimum absolute atomic E-state index is 0.0655. The van der Waals surface area contributed by atoms with Crippen molar-refractivity contribution >= 4 is 28.9 Å². The van der Waals surface area contributed by atoms with E-state index in [1.807, 2.05) is 6.92 Å². The molecule has 2 aromatic carbocycles. The van der Waals surface area contributed by atoms with E-state index >= 15 is 0 Å². The van der Waals surface area contributed by atoms with E-state index in [-0.39, 0.29) is 10.9 Å². The molecule has 0 fully saturated rings. The second-order valence-corrected chi connectivity index (χ2v) is 4.68. The fraction of sp³-hybridized carbons (Fsp3) is 0.133. The van der Waals surface area contributed by atoms with Crippen LogP contribution < -0.4 is 10.6 Å². The zero-order valence-electron chi connectivity index (χ0n) is 10.9. The van der Waals surface area contributed by atoms with E-state index in [1.54, 1.807) is 29.2 Å². The topological polar surface area (TPSA) is 46.3 Å². The lowest BCUT2D eigenvalue weighted by atomic mass is 10.1. The number of benzene rings is 2. The first kappa shape index (κ1) is 14.3. The number of nitrogen functional groups attached to an aromatic ring is 1. The van der Waals surface area contributed by atoms with Gasteiger partial charge in [0.2, 0.25) is 0 Å². The van der Waals surface area contributed by atoms with Crippen LogP contribution in [0.15, 0.2) is 42.5 Å². The minimum atomic E-state index is -0.543. The number of nitrogens with two attached hydrogens (primary N) is 1. The lowest BCUT2D eigenvalue weighted by Gasteiger charge is -2.21. The van der Waals surface area contributed by atoms with E-state index in [1.165, 1.54) is 18.2 Å². The van der Waals surface area contributed by atoms with Crippen LogP contribution in [-0.4, -0.2) is 12.5 Å². The fourth-order valence-corrected chi connectivity index (χ4v) is 2.06. The molecule has 1 amide bonds. The van der Waals surface area contributed by atoms with Crippen molar-refractivity contribution in [1.29, 1.82) is 0 Å². The molecule has 0 bridgehead atoms. The molecule has 0 atom stereocenters. The molecule has 0 aliphatic heterocycles. The fourth-order valence-electron chi connectivity index (χ4n) is 1.88. The first-order valence-electron chi connectivity index (χ1n) is 6.15. The van der Waals surface area contributed by atoms with Crippen LogP contribution in [0, 0.1) is 5.82 Å². The highest BCUT2D eigenvalue weighted by molar-refractivity contribution is 6.31. The van der Waals surface area contributed by atoms with Gasteiger partial charge < -0.3 is 10.6 Å². The van der Waals surface area contributed by atoms with Gasteiger partial charge in [0.25, 0.3) is 5.91 Å². The Balaban J connectivity index is 2.33. The van der Waals surface area contributed by atoms with Gasteiger partial charge in [0.15, 0.2) is 0 Å². The third kappa shape index (κ3) is 2.91. The maximum Gasteiger partial charge on any atom is 0.258 e. The standard InChI is InChI=1S/C15H14ClFN2O/c1-2-19(12-6-4-11(18)5-7-12)15(20)10-3-8-14(17)13(16)9-10/h3-9H,2,18H2,1H3. The van der Waals surface area contributed by atoms with Crippen molar-refractivity contribution < 1.29 is 9.18 Å². The SMILES string of the molecule is CCN(C(=O)c1ccc(F)c(Cl)c1)c1ccc(N)cc1. The van der Waals surface area contributed by atoms with E-state index in [9.17, 15) is 9.18 Å². The van der Waals surface area contributed by atoms with Crippen molar-refractivity contribution in [3.8, 4) is 0 Å². The molecule has 0 heterocycles. The Morgan fingerprint density at radius 2 is 1.90 bits per heavy atom. The van der Waals surface area contributed by atoms with Crippen LogP contribution in [0.4, 0.5) is 15.8 Å². The molecule has 5 heteroatoms. The van der Waals surface area contributed by atoms with Gasteiger partial charge in [-0.05, 0) is 49.4 Å². The number of amides is 1. The maximum atomic E-state index is 13.1. The normalized spacial score (nSPS) is 10.3. The van der Waals surface area contributed by atoms with Gasteiger partial charge in [0.05, 0.1) is 5.02 Å². The van der Waals surface area contributed by atoms with Crippen molar-refractivity contribution in [1.82, 2.24) is 0 Å². The van der Waals surface area contributed by atoms with Crippen molar-refractivity contribution in [2.45, 2.75) is 6.92 Å². The summed E-state index contributed by atoms with van der Waals surface area (Å²) in [5, 5.41) is -0.0655. The molecule has 3 nitrogen and oxygen atoms in total. The van der Waals surface area contributed by atoms with E-state index in [0.717, 1.165) is 5.69 Å². The number of hydrogen-bond acceptors (Lipinski definition) is 2. The van der Waals surface area contributed by atoms with Gasteiger partial charge >= 0.3 is 0 Å². The summed E-state index contributed by atoms with van der Waals surface area (Å²) in [6.07, 6.45) is 0. The number of nitrogens with zero attached hydrogens (tertiary/aromatic N) is 1. The van der Waals surface area contributed by atoms with Crippen LogP contribution in [0.2, 0.25) is 5.02 Å². The Hall–Kier alpha value is -2.07. The van der Waals surface area contributed by atoms with Crippen LogP contribution in [-0.2, 0) is 0 Å². The Labute approximate surface area is 121 Å². The smallest absolute Gasteiger partial charge is 0.258 e. The van der Waals surface area contributed by atoms with Gasteiger partial charge in [-0.25, -0.2) is 4.39 Å². The molecule has 0 aliphatic rings. The highest BCUT2D eigenvalue weighted by atomic mass is 35.5. The van der Waals surface area contributed by atoms with Gasteiger partial charge in [-0.2, -0.15) is 0 Å².